The number of hydrogen-bond donors (Lipinski definition) is 6. The SMILES string of the molecule is C.C.COC1OC(CO)C(OC2OC(CO)C(C)C(O)C2NC(C)=O)C(O)C1N. The summed E-state index contributed by atoms with van der Waals surface area (Å²) in [6.07, 6.45) is -7.32. The number of nitrogens with two attached hydrogens (primary N) is 1. The van der Waals surface area contributed by atoms with Crippen LogP contribution in [-0.2, 0) is 23.7 Å². The van der Waals surface area contributed by atoms with E-state index in [0.717, 1.165) is 0 Å². The van der Waals surface area contributed by atoms with E-state index in [1.54, 1.807) is 6.92 Å². The maximum Gasteiger partial charge on any atom is 0.217 e. The lowest BCUT2D eigenvalue weighted by Gasteiger charge is -2.47. The molecule has 0 spiro atoms. The molecule has 2 aliphatic heterocycles. The van der Waals surface area contributed by atoms with Crippen molar-refractivity contribution >= 4 is 5.91 Å². The molecular formula is C18H38N2O9. The van der Waals surface area contributed by atoms with E-state index in [0.29, 0.717) is 0 Å². The molecule has 174 valence electrons. The van der Waals surface area contributed by atoms with Gasteiger partial charge in [0.05, 0.1) is 31.5 Å². The van der Waals surface area contributed by atoms with Crippen LogP contribution in [0.4, 0.5) is 0 Å². The van der Waals surface area contributed by atoms with Crippen LogP contribution in [0, 0.1) is 5.92 Å². The fourth-order valence-corrected chi connectivity index (χ4v) is 3.43. The van der Waals surface area contributed by atoms with Gasteiger partial charge in [0.1, 0.15) is 24.4 Å². The number of carbonyl (C=O) groups is 1. The van der Waals surface area contributed by atoms with Gasteiger partial charge in [-0.3, -0.25) is 4.79 Å². The predicted molar refractivity (Wildman–Crippen MR) is 104 cm³/mol. The maximum absolute atomic E-state index is 11.5. The number of rotatable bonds is 6. The highest BCUT2D eigenvalue weighted by molar-refractivity contribution is 5.73. The van der Waals surface area contributed by atoms with E-state index in [1.165, 1.54) is 14.0 Å². The number of methoxy groups -OCH3 is 1. The van der Waals surface area contributed by atoms with E-state index in [1.807, 2.05) is 0 Å². The molecule has 0 aromatic carbocycles. The first kappa shape index (κ1) is 28.1. The minimum atomic E-state index is -1.27. The number of ether oxygens (including phenoxy) is 4. The van der Waals surface area contributed by atoms with Crippen molar-refractivity contribution in [3.05, 3.63) is 0 Å². The molecule has 0 radical (unpaired) electrons. The Morgan fingerprint density at radius 1 is 1.07 bits per heavy atom. The lowest BCUT2D eigenvalue weighted by molar-refractivity contribution is -0.323. The third kappa shape index (κ3) is 6.06. The summed E-state index contributed by atoms with van der Waals surface area (Å²) in [5.74, 6) is -0.894. The molecule has 7 N–H and O–H groups in total. The van der Waals surface area contributed by atoms with Crippen LogP contribution in [0.15, 0.2) is 0 Å². The summed E-state index contributed by atoms with van der Waals surface area (Å²) in [4.78, 5) is 11.5. The van der Waals surface area contributed by atoms with Crippen molar-refractivity contribution < 1.29 is 44.2 Å². The van der Waals surface area contributed by atoms with E-state index in [9.17, 15) is 25.2 Å². The molecule has 29 heavy (non-hydrogen) atoms. The molecular weight excluding hydrogens is 388 g/mol. The number of amides is 1. The Hall–Kier alpha value is -0.890. The van der Waals surface area contributed by atoms with Crippen LogP contribution in [0.1, 0.15) is 28.7 Å². The van der Waals surface area contributed by atoms with Gasteiger partial charge in [-0.1, -0.05) is 21.8 Å². The molecule has 2 saturated heterocycles. The van der Waals surface area contributed by atoms with Crippen molar-refractivity contribution in [3.8, 4) is 0 Å². The van der Waals surface area contributed by atoms with Crippen molar-refractivity contribution in [2.24, 2.45) is 11.7 Å². The van der Waals surface area contributed by atoms with Gasteiger partial charge in [-0.2, -0.15) is 0 Å². The molecule has 11 heteroatoms. The molecule has 2 fully saturated rings. The van der Waals surface area contributed by atoms with Crippen LogP contribution in [0.5, 0.6) is 0 Å². The van der Waals surface area contributed by atoms with Crippen LogP contribution in [0.25, 0.3) is 0 Å². The molecule has 10 unspecified atom stereocenters. The molecule has 10 atom stereocenters. The van der Waals surface area contributed by atoms with Gasteiger partial charge in [-0.25, -0.2) is 0 Å². The molecule has 0 aromatic rings. The van der Waals surface area contributed by atoms with Crippen LogP contribution in [0.3, 0.4) is 0 Å². The number of carbonyl (C=O) groups excluding carboxylic acids is 1. The molecule has 0 bridgehead atoms. The lowest BCUT2D eigenvalue weighted by Crippen LogP contribution is -2.67. The summed E-state index contributed by atoms with van der Waals surface area (Å²) in [7, 11) is 1.35. The second-order valence-corrected chi connectivity index (χ2v) is 6.93. The largest absolute Gasteiger partial charge is 0.394 e. The molecule has 0 aliphatic carbocycles. The van der Waals surface area contributed by atoms with Crippen LogP contribution in [0.2, 0.25) is 0 Å². The number of aliphatic hydroxyl groups excluding tert-OH is 4. The molecule has 2 aliphatic rings. The zero-order chi connectivity index (χ0) is 20.3. The molecule has 11 nitrogen and oxygen atoms in total. The van der Waals surface area contributed by atoms with E-state index in [2.05, 4.69) is 5.32 Å². The van der Waals surface area contributed by atoms with Gasteiger partial charge >= 0.3 is 0 Å². The van der Waals surface area contributed by atoms with Gasteiger partial charge in [-0.15, -0.1) is 0 Å². The topological polar surface area (TPSA) is 173 Å². The van der Waals surface area contributed by atoms with Gasteiger partial charge in [0, 0.05) is 20.0 Å². The fourth-order valence-electron chi connectivity index (χ4n) is 3.43. The first-order chi connectivity index (χ1) is 12.7. The summed E-state index contributed by atoms with van der Waals surface area (Å²) in [5.41, 5.74) is 5.90. The smallest absolute Gasteiger partial charge is 0.217 e. The Morgan fingerprint density at radius 3 is 2.10 bits per heavy atom. The Morgan fingerprint density at radius 2 is 1.62 bits per heavy atom. The van der Waals surface area contributed by atoms with Crippen LogP contribution < -0.4 is 11.1 Å². The Labute approximate surface area is 172 Å². The molecule has 0 aromatic heterocycles. The minimum absolute atomic E-state index is 0. The van der Waals surface area contributed by atoms with Gasteiger partial charge in [0.15, 0.2) is 12.6 Å². The van der Waals surface area contributed by atoms with Crippen molar-refractivity contribution in [3.63, 3.8) is 0 Å². The van der Waals surface area contributed by atoms with E-state index in [-0.39, 0.29) is 21.5 Å². The third-order valence-corrected chi connectivity index (χ3v) is 5.07. The molecule has 2 heterocycles. The monoisotopic (exact) mass is 426 g/mol. The quantitative estimate of drug-likeness (QED) is 0.276. The summed E-state index contributed by atoms with van der Waals surface area (Å²) < 4.78 is 22.0. The summed E-state index contributed by atoms with van der Waals surface area (Å²) in [6.45, 7) is 2.09. The van der Waals surface area contributed by atoms with E-state index >= 15 is 0 Å². The average Bonchev–Trinajstić information content (AvgIpc) is 2.64. The van der Waals surface area contributed by atoms with Crippen LogP contribution in [-0.4, -0.2) is 102 Å². The highest BCUT2D eigenvalue weighted by atomic mass is 16.7. The Bertz CT molecular complexity index is 496. The first-order valence-corrected chi connectivity index (χ1v) is 8.84. The predicted octanol–water partition coefficient (Wildman–Crippen LogP) is -2.09. The zero-order valence-corrected chi connectivity index (χ0v) is 15.6. The Balaban J connectivity index is 0.00000392. The highest BCUT2D eigenvalue weighted by Crippen LogP contribution is 2.30. The number of aliphatic hydroxyl groups is 4. The average molecular weight is 427 g/mol. The molecule has 1 amide bonds. The van der Waals surface area contributed by atoms with Crippen LogP contribution >= 0.6 is 0 Å². The van der Waals surface area contributed by atoms with Crippen molar-refractivity contribution in [1.29, 1.82) is 0 Å². The second kappa shape index (κ2) is 12.1. The van der Waals surface area contributed by atoms with Gasteiger partial charge in [0.2, 0.25) is 5.91 Å². The summed E-state index contributed by atoms with van der Waals surface area (Å²) in [5, 5.41) is 42.7. The minimum Gasteiger partial charge on any atom is -0.394 e. The number of nitrogens with one attached hydrogen (secondary N) is 1. The van der Waals surface area contributed by atoms with E-state index < -0.39 is 73.6 Å². The maximum atomic E-state index is 11.5. The summed E-state index contributed by atoms with van der Waals surface area (Å²) in [6, 6.07) is -1.91. The fraction of sp³-hybridized carbons (Fsp3) is 0.944. The molecule has 2 rings (SSSR count). The lowest BCUT2D eigenvalue weighted by atomic mass is 9.89. The van der Waals surface area contributed by atoms with Gasteiger partial charge in [-0.05, 0) is 0 Å². The number of hydrogen-bond acceptors (Lipinski definition) is 10. The third-order valence-electron chi connectivity index (χ3n) is 5.07. The van der Waals surface area contributed by atoms with Crippen molar-refractivity contribution in [2.45, 2.75) is 83.9 Å². The van der Waals surface area contributed by atoms with Gasteiger partial charge in [0.25, 0.3) is 0 Å². The molecule has 0 saturated carbocycles. The van der Waals surface area contributed by atoms with Crippen molar-refractivity contribution in [1.82, 2.24) is 5.32 Å². The second-order valence-electron chi connectivity index (χ2n) is 6.93. The highest BCUT2D eigenvalue weighted by Gasteiger charge is 2.50. The van der Waals surface area contributed by atoms with E-state index in [4.69, 9.17) is 24.7 Å². The zero-order valence-electron chi connectivity index (χ0n) is 15.6. The Kier molecular flexibility index (Phi) is 11.7. The summed E-state index contributed by atoms with van der Waals surface area (Å²) >= 11 is 0. The van der Waals surface area contributed by atoms with Gasteiger partial charge < -0.3 is 50.4 Å². The first-order valence-electron chi connectivity index (χ1n) is 8.84. The standard InChI is InChI=1S/C16H30N2O9.2CH4/c1-6-8(4-19)25-16(11(12(6)22)18-7(2)21)27-14-9(5-20)26-15(24-3)10(17)13(14)23;;/h6,8-16,19-20,22-23H,4-5,17H2,1-3H3,(H,18,21);2*1H4. The van der Waals surface area contributed by atoms with Crippen molar-refractivity contribution in [2.75, 3.05) is 20.3 Å². The normalized spacial score (nSPS) is 42.3.